The number of amides is 2. The van der Waals surface area contributed by atoms with Crippen molar-refractivity contribution in [3.63, 3.8) is 0 Å². The van der Waals surface area contributed by atoms with Gasteiger partial charge in [-0.3, -0.25) is 19.0 Å². The van der Waals surface area contributed by atoms with Gasteiger partial charge < -0.3 is 14.7 Å². The number of hydrogen-bond donors (Lipinski definition) is 0. The molecule has 39 heavy (non-hydrogen) atoms. The van der Waals surface area contributed by atoms with E-state index >= 15 is 0 Å². The average Bonchev–Trinajstić information content (AvgIpc) is 2.97. The standard InChI is InChI=1S/C30H39N5O3S/c1-3-16-33(17-4-2)28(37)23-39-30-31-26-14-9-8-13-25(26)29(38)35(30)18-10-15-27(36)34-21-19-32(20-22-34)24-11-6-5-7-12-24/h5-9,11-14H,3-4,10,15-23H2,1-2H3. The van der Waals surface area contributed by atoms with E-state index in [2.05, 4.69) is 30.9 Å². The van der Waals surface area contributed by atoms with Crippen LogP contribution in [-0.4, -0.2) is 76.2 Å². The van der Waals surface area contributed by atoms with Crippen LogP contribution in [0.2, 0.25) is 0 Å². The number of rotatable bonds is 12. The Balaban J connectivity index is 1.39. The van der Waals surface area contributed by atoms with E-state index in [0.717, 1.165) is 39.0 Å². The maximum atomic E-state index is 13.4. The van der Waals surface area contributed by atoms with Crippen LogP contribution in [0.25, 0.3) is 10.9 Å². The molecule has 0 atom stereocenters. The van der Waals surface area contributed by atoms with E-state index in [0.29, 0.717) is 48.5 Å². The summed E-state index contributed by atoms with van der Waals surface area (Å²) in [5.41, 5.74) is 1.68. The van der Waals surface area contributed by atoms with Crippen molar-refractivity contribution in [1.29, 1.82) is 0 Å². The molecule has 0 spiro atoms. The Morgan fingerprint density at radius 3 is 2.28 bits per heavy atom. The van der Waals surface area contributed by atoms with Crippen molar-refractivity contribution >= 4 is 40.2 Å². The van der Waals surface area contributed by atoms with Crippen LogP contribution >= 0.6 is 11.8 Å². The van der Waals surface area contributed by atoms with Gasteiger partial charge in [0.25, 0.3) is 5.56 Å². The zero-order valence-corrected chi connectivity index (χ0v) is 23.9. The molecule has 0 N–H and O–H groups in total. The van der Waals surface area contributed by atoms with Gasteiger partial charge in [0.1, 0.15) is 0 Å². The number of piperazine rings is 1. The van der Waals surface area contributed by atoms with Gasteiger partial charge in [0.2, 0.25) is 11.8 Å². The predicted molar refractivity (Wildman–Crippen MR) is 158 cm³/mol. The Morgan fingerprint density at radius 2 is 1.59 bits per heavy atom. The molecule has 2 heterocycles. The third-order valence-electron chi connectivity index (χ3n) is 7.02. The average molecular weight is 550 g/mol. The molecule has 4 rings (SSSR count). The molecule has 0 saturated carbocycles. The number of aromatic nitrogens is 2. The molecule has 3 aromatic rings. The van der Waals surface area contributed by atoms with E-state index < -0.39 is 0 Å². The van der Waals surface area contributed by atoms with Crippen molar-refractivity contribution in [1.82, 2.24) is 19.4 Å². The van der Waals surface area contributed by atoms with Crippen LogP contribution in [-0.2, 0) is 16.1 Å². The minimum Gasteiger partial charge on any atom is -0.368 e. The lowest BCUT2D eigenvalue weighted by atomic mass is 10.2. The highest BCUT2D eigenvalue weighted by atomic mass is 32.2. The molecule has 8 nitrogen and oxygen atoms in total. The predicted octanol–water partition coefficient (Wildman–Crippen LogP) is 4.27. The third kappa shape index (κ3) is 7.41. The lowest BCUT2D eigenvalue weighted by molar-refractivity contribution is -0.131. The molecule has 9 heteroatoms. The Bertz CT molecular complexity index is 1300. The molecule has 1 aliphatic rings. The van der Waals surface area contributed by atoms with Gasteiger partial charge in [-0.05, 0) is 43.5 Å². The second-order valence-electron chi connectivity index (χ2n) is 9.84. The van der Waals surface area contributed by atoms with E-state index in [1.54, 1.807) is 10.6 Å². The molecule has 2 aromatic carbocycles. The lowest BCUT2D eigenvalue weighted by Crippen LogP contribution is -2.48. The number of benzene rings is 2. The first-order chi connectivity index (χ1) is 19.0. The van der Waals surface area contributed by atoms with Gasteiger partial charge in [0.15, 0.2) is 5.16 Å². The summed E-state index contributed by atoms with van der Waals surface area (Å²) in [7, 11) is 0. The van der Waals surface area contributed by atoms with E-state index in [-0.39, 0.29) is 23.1 Å². The number of thioether (sulfide) groups is 1. The molecule has 0 aliphatic carbocycles. The topological polar surface area (TPSA) is 78.8 Å². The van der Waals surface area contributed by atoms with Crippen molar-refractivity contribution in [3.05, 3.63) is 65.0 Å². The summed E-state index contributed by atoms with van der Waals surface area (Å²) >= 11 is 1.31. The summed E-state index contributed by atoms with van der Waals surface area (Å²) in [6, 6.07) is 17.6. The number of para-hydroxylation sites is 2. The Hall–Kier alpha value is -3.33. The van der Waals surface area contributed by atoms with E-state index in [4.69, 9.17) is 4.98 Å². The van der Waals surface area contributed by atoms with Crippen LogP contribution in [0.4, 0.5) is 5.69 Å². The first-order valence-electron chi connectivity index (χ1n) is 14.0. The maximum absolute atomic E-state index is 13.4. The van der Waals surface area contributed by atoms with Crippen LogP contribution in [0.5, 0.6) is 0 Å². The maximum Gasteiger partial charge on any atom is 0.262 e. The fraction of sp³-hybridized carbons (Fsp3) is 0.467. The summed E-state index contributed by atoms with van der Waals surface area (Å²) in [5, 5.41) is 1.08. The molecule has 1 aliphatic heterocycles. The third-order valence-corrected chi connectivity index (χ3v) is 7.98. The molecule has 1 saturated heterocycles. The van der Waals surface area contributed by atoms with Crippen LogP contribution in [0.3, 0.4) is 0 Å². The van der Waals surface area contributed by atoms with E-state index in [9.17, 15) is 14.4 Å². The normalized spacial score (nSPS) is 13.6. The van der Waals surface area contributed by atoms with Crippen molar-refractivity contribution in [3.8, 4) is 0 Å². The van der Waals surface area contributed by atoms with Crippen molar-refractivity contribution in [2.45, 2.75) is 51.2 Å². The number of anilines is 1. The quantitative estimate of drug-likeness (QED) is 0.248. The number of nitrogens with zero attached hydrogens (tertiary/aromatic N) is 5. The highest BCUT2D eigenvalue weighted by Crippen LogP contribution is 2.20. The lowest BCUT2D eigenvalue weighted by Gasteiger charge is -2.36. The fourth-order valence-electron chi connectivity index (χ4n) is 4.97. The summed E-state index contributed by atoms with van der Waals surface area (Å²) in [4.78, 5) is 50.1. The minimum atomic E-state index is -0.126. The molecule has 0 bridgehead atoms. The Kier molecular flexibility index (Phi) is 10.4. The Morgan fingerprint density at radius 1 is 0.923 bits per heavy atom. The van der Waals surface area contributed by atoms with Gasteiger partial charge in [-0.1, -0.05) is 55.9 Å². The van der Waals surface area contributed by atoms with Gasteiger partial charge in [-0.15, -0.1) is 0 Å². The van der Waals surface area contributed by atoms with E-state index in [1.807, 2.05) is 46.2 Å². The summed E-state index contributed by atoms with van der Waals surface area (Å²) in [5.74, 6) is 0.404. The molecule has 1 aromatic heterocycles. The number of hydrogen-bond acceptors (Lipinski definition) is 6. The molecule has 0 radical (unpaired) electrons. The highest BCUT2D eigenvalue weighted by Gasteiger charge is 2.22. The van der Waals surface area contributed by atoms with Crippen molar-refractivity contribution < 1.29 is 9.59 Å². The summed E-state index contributed by atoms with van der Waals surface area (Å²) in [6.07, 6.45) is 2.72. The number of carbonyl (C=O) groups excluding carboxylic acids is 2. The first kappa shape index (κ1) is 28.7. The zero-order valence-electron chi connectivity index (χ0n) is 23.1. The first-order valence-corrected chi connectivity index (χ1v) is 15.0. The van der Waals surface area contributed by atoms with Crippen molar-refractivity contribution in [2.75, 3.05) is 49.9 Å². The smallest absolute Gasteiger partial charge is 0.262 e. The fourth-order valence-corrected chi connectivity index (χ4v) is 5.90. The SMILES string of the molecule is CCCN(CCC)C(=O)CSc1nc2ccccc2c(=O)n1CCCC(=O)N1CCN(c2ccccc2)CC1. The van der Waals surface area contributed by atoms with Crippen molar-refractivity contribution in [2.24, 2.45) is 0 Å². The highest BCUT2D eigenvalue weighted by molar-refractivity contribution is 7.99. The van der Waals surface area contributed by atoms with Gasteiger partial charge in [0, 0.05) is 57.9 Å². The minimum absolute atomic E-state index is 0.0579. The number of carbonyl (C=O) groups is 2. The van der Waals surface area contributed by atoms with Gasteiger partial charge in [-0.2, -0.15) is 0 Å². The second-order valence-corrected chi connectivity index (χ2v) is 10.8. The van der Waals surface area contributed by atoms with Crippen LogP contribution < -0.4 is 10.5 Å². The molecular formula is C30H39N5O3S. The van der Waals surface area contributed by atoms with Gasteiger partial charge >= 0.3 is 0 Å². The summed E-state index contributed by atoms with van der Waals surface area (Å²) < 4.78 is 1.64. The summed E-state index contributed by atoms with van der Waals surface area (Å²) in [6.45, 7) is 8.99. The molecule has 208 valence electrons. The Labute approximate surface area is 235 Å². The van der Waals surface area contributed by atoms with E-state index in [1.165, 1.54) is 17.4 Å². The molecule has 1 fully saturated rings. The monoisotopic (exact) mass is 549 g/mol. The van der Waals surface area contributed by atoms with Gasteiger partial charge in [0.05, 0.1) is 16.7 Å². The molecular weight excluding hydrogens is 510 g/mol. The van der Waals surface area contributed by atoms with Crippen LogP contribution in [0, 0.1) is 0 Å². The number of fused-ring (bicyclic) bond motifs is 1. The zero-order chi connectivity index (χ0) is 27.6. The largest absolute Gasteiger partial charge is 0.368 e. The molecule has 0 unspecified atom stereocenters. The second kappa shape index (κ2) is 14.2. The molecule has 2 amide bonds. The van der Waals surface area contributed by atoms with Crippen LogP contribution in [0.15, 0.2) is 64.5 Å². The van der Waals surface area contributed by atoms with Gasteiger partial charge in [-0.25, -0.2) is 4.98 Å². The van der Waals surface area contributed by atoms with Crippen LogP contribution in [0.1, 0.15) is 39.5 Å².